The van der Waals surface area contributed by atoms with Gasteiger partial charge in [-0.3, -0.25) is 4.99 Å². The van der Waals surface area contributed by atoms with Crippen molar-refractivity contribution in [1.82, 2.24) is 0 Å². The molecule has 0 heterocycles. The maximum Gasteiger partial charge on any atom is 0.426 e. The summed E-state index contributed by atoms with van der Waals surface area (Å²) in [7, 11) is 1.11. The summed E-state index contributed by atoms with van der Waals surface area (Å²) in [6.07, 6.45) is -4.68. The molecule has 0 saturated heterocycles. The molecule has 0 bridgehead atoms. The topological polar surface area (TPSA) is 38.7 Å². The monoisotopic (exact) mass is 211 g/mol. The van der Waals surface area contributed by atoms with Crippen molar-refractivity contribution in [2.45, 2.75) is 26.1 Å². The standard InChI is InChI=1S/C8H12F3NO2/c1-5(2)6(7(13)14-3)12-4-8(9,10)11/h4-6H,1-3H3/t6-/m0/s1. The van der Waals surface area contributed by atoms with E-state index in [0.29, 0.717) is 0 Å². The van der Waals surface area contributed by atoms with E-state index in [1.807, 2.05) is 0 Å². The van der Waals surface area contributed by atoms with Crippen LogP contribution < -0.4 is 0 Å². The van der Waals surface area contributed by atoms with E-state index in [1.165, 1.54) is 0 Å². The smallest absolute Gasteiger partial charge is 0.426 e. The molecule has 3 nitrogen and oxygen atoms in total. The van der Waals surface area contributed by atoms with Crippen molar-refractivity contribution in [3.05, 3.63) is 0 Å². The molecule has 6 heteroatoms. The van der Waals surface area contributed by atoms with Crippen LogP contribution in [0.3, 0.4) is 0 Å². The summed E-state index contributed by atoms with van der Waals surface area (Å²) < 4.78 is 39.6. The Morgan fingerprint density at radius 2 is 1.93 bits per heavy atom. The summed E-state index contributed by atoms with van der Waals surface area (Å²) in [6, 6.07) is -1.10. The number of hydrogen-bond acceptors (Lipinski definition) is 3. The lowest BCUT2D eigenvalue weighted by Crippen LogP contribution is -2.27. The fourth-order valence-corrected chi connectivity index (χ4v) is 0.791. The van der Waals surface area contributed by atoms with Crippen molar-refractivity contribution in [3.63, 3.8) is 0 Å². The van der Waals surface area contributed by atoms with Crippen LogP contribution in [0, 0.1) is 5.92 Å². The number of esters is 1. The summed E-state index contributed by atoms with van der Waals surface area (Å²) in [5.41, 5.74) is 0. The molecule has 0 fully saturated rings. The molecule has 82 valence electrons. The van der Waals surface area contributed by atoms with Gasteiger partial charge in [-0.1, -0.05) is 13.8 Å². The van der Waals surface area contributed by atoms with E-state index in [2.05, 4.69) is 9.73 Å². The molecule has 0 N–H and O–H groups in total. The average molecular weight is 211 g/mol. The Morgan fingerprint density at radius 1 is 1.43 bits per heavy atom. The zero-order chi connectivity index (χ0) is 11.4. The number of nitrogens with zero attached hydrogens (tertiary/aromatic N) is 1. The Labute approximate surface area is 80.0 Å². The van der Waals surface area contributed by atoms with Crippen molar-refractivity contribution >= 4 is 12.2 Å². The Morgan fingerprint density at radius 3 is 2.21 bits per heavy atom. The second kappa shape index (κ2) is 4.97. The lowest BCUT2D eigenvalue weighted by molar-refractivity contribution is -0.143. The van der Waals surface area contributed by atoms with Gasteiger partial charge in [-0.15, -0.1) is 0 Å². The van der Waals surface area contributed by atoms with E-state index in [0.717, 1.165) is 7.11 Å². The Bertz CT molecular complexity index is 223. The van der Waals surface area contributed by atoms with Crippen LogP contribution in [0.25, 0.3) is 0 Å². The number of carbonyl (C=O) groups is 1. The molecule has 0 aromatic rings. The van der Waals surface area contributed by atoms with Crippen LogP contribution in [-0.4, -0.2) is 31.5 Å². The number of aliphatic imine (C=N–C) groups is 1. The maximum absolute atomic E-state index is 11.7. The lowest BCUT2D eigenvalue weighted by atomic mass is 10.1. The Balaban J connectivity index is 4.54. The summed E-state index contributed by atoms with van der Waals surface area (Å²) in [4.78, 5) is 14.1. The molecule has 0 aliphatic rings. The van der Waals surface area contributed by atoms with E-state index in [4.69, 9.17) is 0 Å². The van der Waals surface area contributed by atoms with E-state index < -0.39 is 18.2 Å². The first kappa shape index (κ1) is 12.9. The highest BCUT2D eigenvalue weighted by atomic mass is 19.4. The predicted molar refractivity (Wildman–Crippen MR) is 45.2 cm³/mol. The van der Waals surface area contributed by atoms with E-state index in [9.17, 15) is 18.0 Å². The summed E-state index contributed by atoms with van der Waals surface area (Å²) in [5.74, 6) is -1.10. The van der Waals surface area contributed by atoms with Crippen molar-refractivity contribution < 1.29 is 22.7 Å². The lowest BCUT2D eigenvalue weighted by Gasteiger charge is -2.13. The second-order valence-electron chi connectivity index (χ2n) is 3.03. The van der Waals surface area contributed by atoms with Gasteiger partial charge in [0.1, 0.15) is 12.3 Å². The molecule has 0 aromatic carbocycles. The third-order valence-electron chi connectivity index (χ3n) is 1.46. The highest BCUT2D eigenvalue weighted by Gasteiger charge is 2.27. The zero-order valence-corrected chi connectivity index (χ0v) is 8.13. The predicted octanol–water partition coefficient (Wildman–Crippen LogP) is 1.82. The molecule has 1 atom stereocenters. The van der Waals surface area contributed by atoms with Crippen LogP contribution >= 0.6 is 0 Å². The molecule has 0 spiro atoms. The van der Waals surface area contributed by atoms with Gasteiger partial charge < -0.3 is 4.74 Å². The highest BCUT2D eigenvalue weighted by molar-refractivity contribution is 5.79. The van der Waals surface area contributed by atoms with Gasteiger partial charge >= 0.3 is 12.1 Å². The summed E-state index contributed by atoms with van der Waals surface area (Å²) in [5, 5.41) is 0. The van der Waals surface area contributed by atoms with Gasteiger partial charge in [-0.05, 0) is 5.92 Å². The normalized spacial score (nSPS) is 14.8. The first-order valence-corrected chi connectivity index (χ1v) is 3.97. The van der Waals surface area contributed by atoms with Crippen LogP contribution in [0.4, 0.5) is 13.2 Å². The van der Waals surface area contributed by atoms with Gasteiger partial charge in [-0.2, -0.15) is 13.2 Å². The molecule has 0 rings (SSSR count). The van der Waals surface area contributed by atoms with E-state index in [1.54, 1.807) is 13.8 Å². The number of carbonyl (C=O) groups excluding carboxylic acids is 1. The van der Waals surface area contributed by atoms with Gasteiger partial charge in [0.25, 0.3) is 0 Å². The number of rotatable bonds is 3. The maximum atomic E-state index is 11.7. The first-order chi connectivity index (χ1) is 6.28. The third kappa shape index (κ3) is 4.84. The number of alkyl halides is 3. The minimum Gasteiger partial charge on any atom is -0.467 e. The molecular formula is C8H12F3NO2. The van der Waals surface area contributed by atoms with Crippen LogP contribution in [0.2, 0.25) is 0 Å². The molecule has 0 radical (unpaired) electrons. The number of halogens is 3. The van der Waals surface area contributed by atoms with Crippen molar-refractivity contribution in [3.8, 4) is 0 Å². The number of ether oxygens (including phenoxy) is 1. The van der Waals surface area contributed by atoms with E-state index >= 15 is 0 Å². The molecule has 0 amide bonds. The van der Waals surface area contributed by atoms with Crippen LogP contribution in [0.1, 0.15) is 13.8 Å². The molecule has 0 aliphatic heterocycles. The van der Waals surface area contributed by atoms with Gasteiger partial charge in [0.05, 0.1) is 7.11 Å². The quantitative estimate of drug-likeness (QED) is 0.527. The zero-order valence-electron chi connectivity index (χ0n) is 8.13. The second-order valence-corrected chi connectivity index (χ2v) is 3.03. The van der Waals surface area contributed by atoms with Gasteiger partial charge in [0.2, 0.25) is 0 Å². The van der Waals surface area contributed by atoms with Crippen molar-refractivity contribution in [2.75, 3.05) is 7.11 Å². The van der Waals surface area contributed by atoms with Crippen molar-refractivity contribution in [2.24, 2.45) is 10.9 Å². The number of methoxy groups -OCH3 is 1. The number of hydrogen-bond donors (Lipinski definition) is 0. The van der Waals surface area contributed by atoms with Gasteiger partial charge in [-0.25, -0.2) is 4.79 Å². The Hall–Kier alpha value is -1.07. The molecule has 0 unspecified atom stereocenters. The average Bonchev–Trinajstić information content (AvgIpc) is 2.01. The van der Waals surface area contributed by atoms with Crippen LogP contribution in [-0.2, 0) is 9.53 Å². The van der Waals surface area contributed by atoms with Gasteiger partial charge in [0.15, 0.2) is 0 Å². The first-order valence-electron chi connectivity index (χ1n) is 3.97. The summed E-state index contributed by atoms with van der Waals surface area (Å²) >= 11 is 0. The summed E-state index contributed by atoms with van der Waals surface area (Å²) in [6.45, 7) is 3.19. The van der Waals surface area contributed by atoms with Crippen LogP contribution in [0.15, 0.2) is 4.99 Å². The fraction of sp³-hybridized carbons (Fsp3) is 0.750. The minimum absolute atomic E-state index is 0.186. The molecule has 0 aliphatic carbocycles. The van der Waals surface area contributed by atoms with E-state index in [-0.39, 0.29) is 12.1 Å². The Kier molecular flexibility index (Phi) is 4.59. The van der Waals surface area contributed by atoms with Gasteiger partial charge in [0, 0.05) is 0 Å². The van der Waals surface area contributed by atoms with Crippen LogP contribution in [0.5, 0.6) is 0 Å². The highest BCUT2D eigenvalue weighted by Crippen LogP contribution is 2.14. The molecule has 0 aromatic heterocycles. The third-order valence-corrected chi connectivity index (χ3v) is 1.46. The minimum atomic E-state index is -4.50. The SMILES string of the molecule is COC(=O)[C@@H](N=CC(F)(F)F)C(C)C. The van der Waals surface area contributed by atoms with Crippen molar-refractivity contribution in [1.29, 1.82) is 0 Å². The largest absolute Gasteiger partial charge is 0.467 e. The fourth-order valence-electron chi connectivity index (χ4n) is 0.791. The molecular weight excluding hydrogens is 199 g/mol. The molecule has 0 saturated carbocycles. The molecule has 14 heavy (non-hydrogen) atoms.